The molecule has 1 aromatic heterocycles. The van der Waals surface area contributed by atoms with Crippen molar-refractivity contribution in [1.82, 2.24) is 9.78 Å². The first-order valence-corrected chi connectivity index (χ1v) is 6.52. The van der Waals surface area contributed by atoms with Crippen LogP contribution in [0.5, 0.6) is 0 Å². The fraction of sp³-hybridized carbons (Fsp3) is 0.267. The zero-order valence-electron chi connectivity index (χ0n) is 11.9. The molecule has 0 radical (unpaired) electrons. The van der Waals surface area contributed by atoms with Crippen LogP contribution >= 0.6 is 0 Å². The third kappa shape index (κ3) is 3.08. The first-order valence-electron chi connectivity index (χ1n) is 6.52. The van der Waals surface area contributed by atoms with Crippen LogP contribution in [0.25, 0.3) is 0 Å². The predicted molar refractivity (Wildman–Crippen MR) is 77.7 cm³/mol. The third-order valence-electron chi connectivity index (χ3n) is 3.29. The van der Waals surface area contributed by atoms with Crippen LogP contribution < -0.4 is 10.5 Å². The number of halogens is 1. The molecule has 0 saturated heterocycles. The molecule has 0 aliphatic rings. The first-order chi connectivity index (χ1) is 10.1. The molecule has 0 unspecified atom stereocenters. The zero-order chi connectivity index (χ0) is 15.4. The Labute approximate surface area is 121 Å². The van der Waals surface area contributed by atoms with Crippen molar-refractivity contribution in [3.63, 3.8) is 0 Å². The van der Waals surface area contributed by atoms with Crippen LogP contribution in [0, 0.1) is 17.1 Å². The van der Waals surface area contributed by atoms with Crippen LogP contribution in [0.2, 0.25) is 0 Å². The van der Waals surface area contributed by atoms with E-state index in [4.69, 9.17) is 5.26 Å². The molecule has 5 nitrogen and oxygen atoms in total. The molecular formula is C15H15FN4O. The number of rotatable bonds is 4. The fourth-order valence-electron chi connectivity index (χ4n) is 1.88. The maximum atomic E-state index is 14.0. The molecule has 0 aliphatic carbocycles. The van der Waals surface area contributed by atoms with Gasteiger partial charge in [0.1, 0.15) is 11.9 Å². The van der Waals surface area contributed by atoms with Crippen molar-refractivity contribution in [3.05, 3.63) is 57.8 Å². The largest absolute Gasteiger partial charge is 0.373 e. The van der Waals surface area contributed by atoms with E-state index in [9.17, 15) is 9.18 Å². The van der Waals surface area contributed by atoms with E-state index in [2.05, 4.69) is 5.10 Å². The predicted octanol–water partition coefficient (Wildman–Crippen LogP) is 1.76. The van der Waals surface area contributed by atoms with Gasteiger partial charge in [0.25, 0.3) is 5.56 Å². The van der Waals surface area contributed by atoms with Gasteiger partial charge in [0, 0.05) is 25.2 Å². The lowest BCUT2D eigenvalue weighted by Crippen LogP contribution is -2.26. The minimum atomic E-state index is -0.608. The lowest BCUT2D eigenvalue weighted by atomic mass is 10.1. The number of hydrogen-bond donors (Lipinski definition) is 0. The van der Waals surface area contributed by atoms with Gasteiger partial charge in [-0.15, -0.1) is 0 Å². The van der Waals surface area contributed by atoms with Gasteiger partial charge in [0.05, 0.1) is 24.0 Å². The number of nitriles is 1. The number of nitrogens with zero attached hydrogens (tertiary/aromatic N) is 4. The average Bonchev–Trinajstić information content (AvgIpc) is 2.50. The molecule has 21 heavy (non-hydrogen) atoms. The summed E-state index contributed by atoms with van der Waals surface area (Å²) < 4.78 is 15.2. The highest BCUT2D eigenvalue weighted by molar-refractivity contribution is 5.41. The molecule has 108 valence electrons. The second-order valence-corrected chi connectivity index (χ2v) is 4.61. The monoisotopic (exact) mass is 286 g/mol. The van der Waals surface area contributed by atoms with Gasteiger partial charge < -0.3 is 4.90 Å². The van der Waals surface area contributed by atoms with Crippen LogP contribution in [0.3, 0.4) is 0 Å². The SMILES string of the molecule is CCN(C)c1cnn(Cc2cccc(C#N)c2F)c(=O)c1. The Morgan fingerprint density at radius 2 is 2.24 bits per heavy atom. The summed E-state index contributed by atoms with van der Waals surface area (Å²) in [4.78, 5) is 13.9. The van der Waals surface area contributed by atoms with Gasteiger partial charge in [0.2, 0.25) is 0 Å². The van der Waals surface area contributed by atoms with Crippen molar-refractivity contribution >= 4 is 5.69 Å². The van der Waals surface area contributed by atoms with Gasteiger partial charge in [-0.2, -0.15) is 10.4 Å². The van der Waals surface area contributed by atoms with Crippen LogP contribution in [0.1, 0.15) is 18.1 Å². The van der Waals surface area contributed by atoms with E-state index in [0.29, 0.717) is 5.69 Å². The second-order valence-electron chi connectivity index (χ2n) is 4.61. The summed E-state index contributed by atoms with van der Waals surface area (Å²) in [5.41, 5.74) is 0.627. The highest BCUT2D eigenvalue weighted by Gasteiger charge is 2.10. The van der Waals surface area contributed by atoms with Crippen molar-refractivity contribution in [2.24, 2.45) is 0 Å². The van der Waals surface area contributed by atoms with Crippen LogP contribution in [0.4, 0.5) is 10.1 Å². The summed E-state index contributed by atoms with van der Waals surface area (Å²) in [6, 6.07) is 7.76. The Bertz CT molecular complexity index is 748. The van der Waals surface area contributed by atoms with E-state index in [0.717, 1.165) is 6.54 Å². The molecule has 6 heteroatoms. The van der Waals surface area contributed by atoms with Crippen molar-refractivity contribution in [2.45, 2.75) is 13.5 Å². The Hall–Kier alpha value is -2.68. The van der Waals surface area contributed by atoms with Crippen LogP contribution in [0.15, 0.2) is 35.3 Å². The molecule has 1 heterocycles. The highest BCUT2D eigenvalue weighted by atomic mass is 19.1. The van der Waals surface area contributed by atoms with E-state index >= 15 is 0 Å². The summed E-state index contributed by atoms with van der Waals surface area (Å²) in [5.74, 6) is -0.608. The van der Waals surface area contributed by atoms with Gasteiger partial charge in [-0.25, -0.2) is 9.07 Å². The molecule has 0 bridgehead atoms. The zero-order valence-corrected chi connectivity index (χ0v) is 11.9. The number of anilines is 1. The Kier molecular flexibility index (Phi) is 4.33. The minimum absolute atomic E-state index is 0.00366. The van der Waals surface area contributed by atoms with Gasteiger partial charge >= 0.3 is 0 Å². The smallest absolute Gasteiger partial charge is 0.269 e. The summed E-state index contributed by atoms with van der Waals surface area (Å²) >= 11 is 0. The molecule has 2 aromatic rings. The van der Waals surface area contributed by atoms with Crippen LogP contribution in [-0.4, -0.2) is 23.4 Å². The Morgan fingerprint density at radius 3 is 2.86 bits per heavy atom. The van der Waals surface area contributed by atoms with Crippen molar-refractivity contribution in [1.29, 1.82) is 5.26 Å². The van der Waals surface area contributed by atoms with E-state index in [1.165, 1.54) is 22.9 Å². The van der Waals surface area contributed by atoms with E-state index in [1.54, 1.807) is 18.3 Å². The normalized spacial score (nSPS) is 10.2. The van der Waals surface area contributed by atoms with Crippen molar-refractivity contribution < 1.29 is 4.39 Å². The first kappa shape index (κ1) is 14.7. The van der Waals surface area contributed by atoms with E-state index in [1.807, 2.05) is 18.9 Å². The number of benzene rings is 1. The van der Waals surface area contributed by atoms with Crippen molar-refractivity contribution in [2.75, 3.05) is 18.5 Å². The molecular weight excluding hydrogens is 271 g/mol. The summed E-state index contributed by atoms with van der Waals surface area (Å²) in [6.45, 7) is 2.72. The van der Waals surface area contributed by atoms with E-state index < -0.39 is 5.82 Å². The van der Waals surface area contributed by atoms with Gasteiger partial charge in [-0.1, -0.05) is 12.1 Å². The molecule has 0 saturated carbocycles. The standard InChI is InChI=1S/C15H15FN4O/c1-3-19(2)13-7-14(21)20(18-9-13)10-12-6-4-5-11(8-17)15(12)16/h4-7,9H,3,10H2,1-2H3. The Morgan fingerprint density at radius 1 is 1.48 bits per heavy atom. The van der Waals surface area contributed by atoms with Gasteiger partial charge in [-0.05, 0) is 13.0 Å². The second kappa shape index (κ2) is 6.18. The van der Waals surface area contributed by atoms with Gasteiger partial charge in [0.15, 0.2) is 0 Å². The Balaban J connectivity index is 2.33. The summed E-state index contributed by atoms with van der Waals surface area (Å²) in [7, 11) is 1.86. The van der Waals surface area contributed by atoms with Gasteiger partial charge in [-0.3, -0.25) is 4.79 Å². The maximum absolute atomic E-state index is 14.0. The molecule has 0 amide bonds. The average molecular weight is 286 g/mol. The molecule has 0 aliphatic heterocycles. The topological polar surface area (TPSA) is 61.9 Å². The lowest BCUT2D eigenvalue weighted by molar-refractivity contribution is 0.569. The number of hydrogen-bond acceptors (Lipinski definition) is 4. The molecule has 0 N–H and O–H groups in total. The highest BCUT2D eigenvalue weighted by Crippen LogP contribution is 2.13. The lowest BCUT2D eigenvalue weighted by Gasteiger charge is -2.16. The maximum Gasteiger partial charge on any atom is 0.269 e. The molecule has 0 atom stereocenters. The van der Waals surface area contributed by atoms with E-state index in [-0.39, 0.29) is 23.2 Å². The molecule has 2 rings (SSSR count). The summed E-state index contributed by atoms with van der Waals surface area (Å²) in [5, 5.41) is 12.9. The third-order valence-corrected chi connectivity index (χ3v) is 3.29. The minimum Gasteiger partial charge on any atom is -0.373 e. The molecule has 1 aromatic carbocycles. The fourth-order valence-corrected chi connectivity index (χ4v) is 1.88. The van der Waals surface area contributed by atoms with Crippen molar-refractivity contribution in [3.8, 4) is 6.07 Å². The number of aromatic nitrogens is 2. The summed E-state index contributed by atoms with van der Waals surface area (Å²) in [6.07, 6.45) is 1.57. The quantitative estimate of drug-likeness (QED) is 0.859. The molecule has 0 spiro atoms. The molecule has 0 fully saturated rings. The van der Waals surface area contributed by atoms with Crippen LogP contribution in [-0.2, 0) is 6.54 Å².